The summed E-state index contributed by atoms with van der Waals surface area (Å²) in [6, 6.07) is 1.12. The zero-order valence-electron chi connectivity index (χ0n) is 7.09. The first-order chi connectivity index (χ1) is 6.06. The van der Waals surface area contributed by atoms with E-state index in [-0.39, 0.29) is 23.6 Å². The molecular formula is C8H10F2N2O. The van der Waals surface area contributed by atoms with Crippen molar-refractivity contribution in [3.8, 4) is 0 Å². The molecule has 0 amide bonds. The molecule has 0 aliphatic carbocycles. The number of aliphatic hydroxyl groups is 1. The lowest BCUT2D eigenvalue weighted by Gasteiger charge is -2.08. The summed E-state index contributed by atoms with van der Waals surface area (Å²) < 4.78 is 24.7. The topological polar surface area (TPSA) is 59.1 Å². The predicted octanol–water partition coefficient (Wildman–Crippen LogP) is 1.40. The first kappa shape index (κ1) is 9.85. The number of alkyl halides is 2. The first-order valence-corrected chi connectivity index (χ1v) is 3.71. The second kappa shape index (κ2) is 3.66. The van der Waals surface area contributed by atoms with Crippen molar-refractivity contribution in [3.63, 3.8) is 0 Å². The average molecular weight is 188 g/mol. The Balaban J connectivity index is 3.25. The van der Waals surface area contributed by atoms with Crippen LogP contribution in [0.2, 0.25) is 0 Å². The Hall–Kier alpha value is -1.23. The average Bonchev–Trinajstić information content (AvgIpc) is 2.09. The number of rotatable bonds is 2. The largest absolute Gasteiger partial charge is 0.397 e. The summed E-state index contributed by atoms with van der Waals surface area (Å²) in [6.45, 7) is 1.17. The molecule has 0 radical (unpaired) electrons. The van der Waals surface area contributed by atoms with Crippen molar-refractivity contribution >= 4 is 5.69 Å². The number of pyridine rings is 1. The molecule has 0 aliphatic heterocycles. The van der Waals surface area contributed by atoms with Crippen molar-refractivity contribution < 1.29 is 13.9 Å². The second-order valence-corrected chi connectivity index (χ2v) is 2.66. The van der Waals surface area contributed by atoms with Gasteiger partial charge >= 0.3 is 0 Å². The van der Waals surface area contributed by atoms with E-state index >= 15 is 0 Å². The molecule has 0 saturated carbocycles. The number of halogens is 2. The minimum absolute atomic E-state index is 0.00722. The number of nitrogens with two attached hydrogens (primary N) is 1. The van der Waals surface area contributed by atoms with Crippen molar-refractivity contribution in [2.45, 2.75) is 20.0 Å². The summed E-state index contributed by atoms with van der Waals surface area (Å²) in [5.41, 5.74) is 5.64. The van der Waals surface area contributed by atoms with Gasteiger partial charge in [0.1, 0.15) is 0 Å². The highest BCUT2D eigenvalue weighted by molar-refractivity contribution is 5.51. The highest BCUT2D eigenvalue weighted by atomic mass is 19.3. The third kappa shape index (κ3) is 1.92. The third-order valence-electron chi connectivity index (χ3n) is 1.73. The molecule has 3 nitrogen and oxygen atoms in total. The standard InChI is InChI=1S/C8H10F2N2O/c1-4-7(11)6(8(9)10)2-5(3-13)12-4/h2,8,13H,3,11H2,1H3. The van der Waals surface area contributed by atoms with Gasteiger partial charge in [-0.2, -0.15) is 0 Å². The molecule has 72 valence electrons. The Morgan fingerprint density at radius 3 is 2.69 bits per heavy atom. The van der Waals surface area contributed by atoms with E-state index in [1.807, 2.05) is 0 Å². The molecule has 0 fully saturated rings. The van der Waals surface area contributed by atoms with Crippen molar-refractivity contribution in [3.05, 3.63) is 23.0 Å². The van der Waals surface area contributed by atoms with E-state index in [0.717, 1.165) is 6.07 Å². The molecule has 1 rings (SSSR count). The molecule has 1 heterocycles. The number of aryl methyl sites for hydroxylation is 1. The van der Waals surface area contributed by atoms with Crippen LogP contribution >= 0.6 is 0 Å². The van der Waals surface area contributed by atoms with Gasteiger partial charge in [-0.1, -0.05) is 0 Å². The lowest BCUT2D eigenvalue weighted by atomic mass is 10.1. The number of nitrogen functional groups attached to an aromatic ring is 1. The van der Waals surface area contributed by atoms with Crippen LogP contribution in [0.4, 0.5) is 14.5 Å². The van der Waals surface area contributed by atoms with Gasteiger partial charge in [-0.15, -0.1) is 0 Å². The van der Waals surface area contributed by atoms with Crippen LogP contribution in [0.3, 0.4) is 0 Å². The highest BCUT2D eigenvalue weighted by Crippen LogP contribution is 2.27. The SMILES string of the molecule is Cc1nc(CO)cc(C(F)F)c1N. The lowest BCUT2D eigenvalue weighted by molar-refractivity contribution is 0.151. The fraction of sp³-hybridized carbons (Fsp3) is 0.375. The fourth-order valence-electron chi connectivity index (χ4n) is 1.04. The van der Waals surface area contributed by atoms with E-state index < -0.39 is 6.43 Å². The van der Waals surface area contributed by atoms with Crippen LogP contribution in [0, 0.1) is 6.92 Å². The fourth-order valence-corrected chi connectivity index (χ4v) is 1.04. The quantitative estimate of drug-likeness (QED) is 0.737. The van der Waals surface area contributed by atoms with Gasteiger partial charge in [0.05, 0.1) is 23.7 Å². The molecule has 13 heavy (non-hydrogen) atoms. The Morgan fingerprint density at radius 1 is 1.62 bits per heavy atom. The summed E-state index contributed by atoms with van der Waals surface area (Å²) in [5.74, 6) is 0. The Kier molecular flexibility index (Phi) is 2.77. The number of hydrogen-bond acceptors (Lipinski definition) is 3. The van der Waals surface area contributed by atoms with Crippen LogP contribution in [0.5, 0.6) is 0 Å². The molecule has 0 spiro atoms. The Morgan fingerprint density at radius 2 is 2.23 bits per heavy atom. The minimum atomic E-state index is -2.63. The monoisotopic (exact) mass is 188 g/mol. The maximum Gasteiger partial charge on any atom is 0.265 e. The molecule has 0 saturated heterocycles. The van der Waals surface area contributed by atoms with Crippen molar-refractivity contribution in [1.29, 1.82) is 0 Å². The van der Waals surface area contributed by atoms with Gasteiger partial charge in [0.25, 0.3) is 6.43 Å². The van der Waals surface area contributed by atoms with Crippen LogP contribution in [0.15, 0.2) is 6.07 Å². The molecular weight excluding hydrogens is 178 g/mol. The maximum absolute atomic E-state index is 12.3. The molecule has 3 N–H and O–H groups in total. The smallest absolute Gasteiger partial charge is 0.265 e. The van der Waals surface area contributed by atoms with Crippen LogP contribution in [0.1, 0.15) is 23.4 Å². The van der Waals surface area contributed by atoms with Gasteiger partial charge < -0.3 is 10.8 Å². The molecule has 0 atom stereocenters. The van der Waals surface area contributed by atoms with Gasteiger partial charge in [0, 0.05) is 5.56 Å². The molecule has 5 heteroatoms. The van der Waals surface area contributed by atoms with Crippen LogP contribution in [-0.4, -0.2) is 10.1 Å². The summed E-state index contributed by atoms with van der Waals surface area (Å²) in [6.07, 6.45) is -2.63. The number of aromatic nitrogens is 1. The normalized spacial score (nSPS) is 10.8. The Labute approximate surface area is 74.2 Å². The van der Waals surface area contributed by atoms with E-state index in [2.05, 4.69) is 4.98 Å². The van der Waals surface area contributed by atoms with E-state index in [9.17, 15) is 8.78 Å². The van der Waals surface area contributed by atoms with Crippen LogP contribution in [0.25, 0.3) is 0 Å². The van der Waals surface area contributed by atoms with Gasteiger partial charge in [0.2, 0.25) is 0 Å². The number of hydrogen-bond donors (Lipinski definition) is 2. The number of nitrogens with zero attached hydrogens (tertiary/aromatic N) is 1. The van der Waals surface area contributed by atoms with E-state index in [1.54, 1.807) is 0 Å². The van der Waals surface area contributed by atoms with E-state index in [0.29, 0.717) is 5.69 Å². The first-order valence-electron chi connectivity index (χ1n) is 3.71. The van der Waals surface area contributed by atoms with Gasteiger partial charge in [-0.3, -0.25) is 4.98 Å². The van der Waals surface area contributed by atoms with Crippen LogP contribution in [-0.2, 0) is 6.61 Å². The molecule has 0 unspecified atom stereocenters. The summed E-state index contributed by atoms with van der Waals surface area (Å²) in [5, 5.41) is 8.71. The molecule has 0 bridgehead atoms. The zero-order chi connectivity index (χ0) is 10.0. The highest BCUT2D eigenvalue weighted by Gasteiger charge is 2.14. The predicted molar refractivity (Wildman–Crippen MR) is 44.3 cm³/mol. The molecule has 1 aromatic heterocycles. The van der Waals surface area contributed by atoms with Gasteiger partial charge in [0.15, 0.2) is 0 Å². The number of anilines is 1. The van der Waals surface area contributed by atoms with E-state index in [1.165, 1.54) is 6.92 Å². The second-order valence-electron chi connectivity index (χ2n) is 2.66. The minimum Gasteiger partial charge on any atom is -0.397 e. The van der Waals surface area contributed by atoms with Gasteiger partial charge in [-0.25, -0.2) is 8.78 Å². The summed E-state index contributed by atoms with van der Waals surface area (Å²) in [4.78, 5) is 3.83. The van der Waals surface area contributed by atoms with Crippen molar-refractivity contribution in [2.24, 2.45) is 0 Å². The van der Waals surface area contributed by atoms with E-state index in [4.69, 9.17) is 10.8 Å². The Bertz CT molecular complexity index is 315. The van der Waals surface area contributed by atoms with Crippen LogP contribution < -0.4 is 5.73 Å². The third-order valence-corrected chi connectivity index (χ3v) is 1.73. The van der Waals surface area contributed by atoms with Crippen molar-refractivity contribution in [1.82, 2.24) is 4.98 Å². The zero-order valence-corrected chi connectivity index (χ0v) is 7.09. The summed E-state index contributed by atoms with van der Waals surface area (Å²) >= 11 is 0. The molecule has 1 aromatic rings. The number of aliphatic hydroxyl groups excluding tert-OH is 1. The van der Waals surface area contributed by atoms with Crippen molar-refractivity contribution in [2.75, 3.05) is 5.73 Å². The summed E-state index contributed by atoms with van der Waals surface area (Å²) in [7, 11) is 0. The lowest BCUT2D eigenvalue weighted by Crippen LogP contribution is -2.03. The van der Waals surface area contributed by atoms with Gasteiger partial charge in [-0.05, 0) is 13.0 Å². The molecule has 0 aromatic carbocycles. The maximum atomic E-state index is 12.3. The molecule has 0 aliphatic rings.